The summed E-state index contributed by atoms with van der Waals surface area (Å²) < 4.78 is 9.96. The van der Waals surface area contributed by atoms with Crippen molar-refractivity contribution < 1.29 is 19.1 Å². The average Bonchev–Trinajstić information content (AvgIpc) is 2.21. The summed E-state index contributed by atoms with van der Waals surface area (Å²) in [6, 6.07) is 0. The molecule has 0 aromatic carbocycles. The molecular weight excluding hydrogens is 220 g/mol. The first-order valence-electron chi connectivity index (χ1n) is 4.57. The molecule has 0 bridgehead atoms. The highest BCUT2D eigenvalue weighted by Crippen LogP contribution is 2.23. The molecule has 0 amide bonds. The highest BCUT2D eigenvalue weighted by atomic mass is 35.5. The zero-order chi connectivity index (χ0) is 11.4. The number of ether oxygens (including phenoxy) is 2. The van der Waals surface area contributed by atoms with Gasteiger partial charge in [0.1, 0.15) is 5.03 Å². The van der Waals surface area contributed by atoms with E-state index >= 15 is 0 Å². The molecule has 1 aliphatic rings. The third-order valence-electron chi connectivity index (χ3n) is 1.70. The van der Waals surface area contributed by atoms with Crippen molar-refractivity contribution >= 4 is 23.2 Å². The van der Waals surface area contributed by atoms with Crippen molar-refractivity contribution in [2.45, 2.75) is 13.8 Å². The summed E-state index contributed by atoms with van der Waals surface area (Å²) in [5.41, 5.74) is 0. The molecule has 0 aliphatic heterocycles. The Balaban J connectivity index is 2.97. The third-order valence-corrected chi connectivity index (χ3v) is 2.04. The van der Waals surface area contributed by atoms with Gasteiger partial charge in [-0.3, -0.25) is 9.59 Å². The van der Waals surface area contributed by atoms with Gasteiger partial charge in [0.25, 0.3) is 0 Å². The van der Waals surface area contributed by atoms with Crippen LogP contribution in [0.25, 0.3) is 0 Å². The van der Waals surface area contributed by atoms with Crippen molar-refractivity contribution in [1.29, 1.82) is 0 Å². The van der Waals surface area contributed by atoms with Crippen LogP contribution in [0.15, 0.2) is 22.6 Å². The quantitative estimate of drug-likeness (QED) is 0.688. The molecule has 4 nitrogen and oxygen atoms in total. The summed E-state index contributed by atoms with van der Waals surface area (Å²) >= 11 is 5.70. The second-order valence-corrected chi connectivity index (χ2v) is 3.09. The summed E-state index contributed by atoms with van der Waals surface area (Å²) in [5.74, 6) is -1.09. The molecule has 5 heteroatoms. The van der Waals surface area contributed by atoms with E-state index in [1.165, 1.54) is 0 Å². The first-order chi connectivity index (χ1) is 7.11. The van der Waals surface area contributed by atoms with E-state index in [1.807, 2.05) is 0 Å². The molecule has 0 saturated heterocycles. The van der Waals surface area contributed by atoms with Crippen LogP contribution in [0.3, 0.4) is 0 Å². The predicted octanol–water partition coefficient (Wildman–Crippen LogP) is 1.55. The van der Waals surface area contributed by atoms with Crippen LogP contribution in [-0.4, -0.2) is 24.8 Å². The number of rotatable bonds is 4. The maximum atomic E-state index is 11.5. The number of ketones is 2. The molecule has 0 spiro atoms. The molecule has 0 aromatic heterocycles. The number of halogens is 1. The van der Waals surface area contributed by atoms with Crippen molar-refractivity contribution in [3.8, 4) is 0 Å². The van der Waals surface area contributed by atoms with Crippen molar-refractivity contribution in [1.82, 2.24) is 0 Å². The van der Waals surface area contributed by atoms with Gasteiger partial charge in [-0.15, -0.1) is 0 Å². The monoisotopic (exact) mass is 230 g/mol. The van der Waals surface area contributed by atoms with Crippen molar-refractivity contribution in [2.24, 2.45) is 0 Å². The zero-order valence-electron chi connectivity index (χ0n) is 8.50. The van der Waals surface area contributed by atoms with Crippen molar-refractivity contribution in [3.05, 3.63) is 22.6 Å². The van der Waals surface area contributed by atoms with Crippen molar-refractivity contribution in [3.63, 3.8) is 0 Å². The molecule has 1 rings (SSSR count). The Hall–Kier alpha value is -1.29. The summed E-state index contributed by atoms with van der Waals surface area (Å²) in [5, 5.41) is -0.215. The highest BCUT2D eigenvalue weighted by Gasteiger charge is 2.29. The smallest absolute Gasteiger partial charge is 0.242 e. The lowest BCUT2D eigenvalue weighted by atomic mass is 10.1. The minimum atomic E-state index is -0.512. The molecule has 0 atom stereocenters. The second-order valence-electron chi connectivity index (χ2n) is 2.71. The zero-order valence-corrected chi connectivity index (χ0v) is 9.26. The van der Waals surface area contributed by atoms with Crippen LogP contribution < -0.4 is 0 Å². The number of allylic oxidation sites excluding steroid dienone is 2. The molecule has 0 heterocycles. The van der Waals surface area contributed by atoms with E-state index < -0.39 is 11.6 Å². The Morgan fingerprint density at radius 3 is 2.33 bits per heavy atom. The molecule has 15 heavy (non-hydrogen) atoms. The molecule has 0 fully saturated rings. The fourth-order valence-corrected chi connectivity index (χ4v) is 1.35. The van der Waals surface area contributed by atoms with Gasteiger partial charge in [0.2, 0.25) is 11.6 Å². The minimum Gasteiger partial charge on any atom is -0.490 e. The van der Waals surface area contributed by atoms with E-state index in [0.717, 1.165) is 6.08 Å². The minimum absolute atomic E-state index is 0.0315. The maximum Gasteiger partial charge on any atom is 0.242 e. The van der Waals surface area contributed by atoms with E-state index in [4.69, 9.17) is 21.1 Å². The Morgan fingerprint density at radius 1 is 1.20 bits per heavy atom. The molecule has 0 N–H and O–H groups in total. The molecular formula is C10H11ClO4. The number of carbonyl (C=O) groups is 2. The largest absolute Gasteiger partial charge is 0.490 e. The fraction of sp³-hybridized carbons (Fsp3) is 0.400. The molecule has 0 saturated carbocycles. The van der Waals surface area contributed by atoms with E-state index in [1.54, 1.807) is 13.8 Å². The number of hydrogen-bond donors (Lipinski definition) is 0. The number of Topliss-reactive ketones (excluding diaryl/α,β-unsaturated/α-hetero) is 1. The van der Waals surface area contributed by atoms with Gasteiger partial charge in [-0.1, -0.05) is 11.6 Å². The summed E-state index contributed by atoms with van der Waals surface area (Å²) in [6.45, 7) is 4.01. The Bertz CT molecular complexity index is 354. The molecule has 0 radical (unpaired) electrons. The van der Waals surface area contributed by atoms with E-state index in [0.29, 0.717) is 6.61 Å². The van der Waals surface area contributed by atoms with Gasteiger partial charge in [-0.25, -0.2) is 0 Å². The number of carbonyl (C=O) groups excluding carboxylic acids is 2. The third kappa shape index (κ3) is 2.39. The Labute approximate surface area is 92.5 Å². The SMILES string of the molecule is CCOC1=CC(=O)C(OCC)=C(Cl)C1=O. The van der Waals surface area contributed by atoms with Crippen LogP contribution in [0.2, 0.25) is 0 Å². The van der Waals surface area contributed by atoms with Crippen LogP contribution >= 0.6 is 11.6 Å². The molecule has 0 unspecified atom stereocenters. The van der Waals surface area contributed by atoms with Gasteiger partial charge in [0.15, 0.2) is 11.5 Å². The highest BCUT2D eigenvalue weighted by molar-refractivity contribution is 6.48. The Morgan fingerprint density at radius 2 is 1.80 bits per heavy atom. The summed E-state index contributed by atoms with van der Waals surface area (Å²) in [7, 11) is 0. The van der Waals surface area contributed by atoms with Gasteiger partial charge >= 0.3 is 0 Å². The summed E-state index contributed by atoms with van der Waals surface area (Å²) in [4.78, 5) is 23.0. The van der Waals surface area contributed by atoms with Crippen LogP contribution in [-0.2, 0) is 19.1 Å². The van der Waals surface area contributed by atoms with Gasteiger partial charge in [-0.2, -0.15) is 0 Å². The second kappa shape index (κ2) is 4.98. The lowest BCUT2D eigenvalue weighted by Gasteiger charge is -2.14. The van der Waals surface area contributed by atoms with E-state index in [-0.39, 0.29) is 23.2 Å². The Kier molecular flexibility index (Phi) is 3.91. The van der Waals surface area contributed by atoms with Gasteiger partial charge < -0.3 is 9.47 Å². The first-order valence-corrected chi connectivity index (χ1v) is 4.95. The van der Waals surface area contributed by atoms with Crippen LogP contribution in [0.1, 0.15) is 13.8 Å². The average molecular weight is 231 g/mol. The topological polar surface area (TPSA) is 52.6 Å². The van der Waals surface area contributed by atoms with Crippen LogP contribution in [0, 0.1) is 0 Å². The molecule has 82 valence electrons. The predicted molar refractivity (Wildman–Crippen MR) is 54.2 cm³/mol. The van der Waals surface area contributed by atoms with E-state index in [9.17, 15) is 9.59 Å². The maximum absolute atomic E-state index is 11.5. The van der Waals surface area contributed by atoms with E-state index in [2.05, 4.69) is 0 Å². The lowest BCUT2D eigenvalue weighted by molar-refractivity contribution is -0.120. The van der Waals surface area contributed by atoms with Gasteiger partial charge in [-0.05, 0) is 13.8 Å². The standard InChI is InChI=1S/C10H11ClO4/c1-3-14-7-5-6(12)10(15-4-2)8(11)9(7)13/h5H,3-4H2,1-2H3. The van der Waals surface area contributed by atoms with Gasteiger partial charge in [0, 0.05) is 6.08 Å². The molecule has 1 aliphatic carbocycles. The van der Waals surface area contributed by atoms with Gasteiger partial charge in [0.05, 0.1) is 13.2 Å². The van der Waals surface area contributed by atoms with Crippen molar-refractivity contribution in [2.75, 3.05) is 13.2 Å². The summed E-state index contributed by atoms with van der Waals surface area (Å²) in [6.07, 6.45) is 1.10. The fourth-order valence-electron chi connectivity index (χ4n) is 1.11. The van der Waals surface area contributed by atoms with Crippen LogP contribution in [0.4, 0.5) is 0 Å². The first kappa shape index (κ1) is 11.8. The normalized spacial score (nSPS) is 16.6. The molecule has 0 aromatic rings. The van der Waals surface area contributed by atoms with Crippen LogP contribution in [0.5, 0.6) is 0 Å². The number of hydrogen-bond acceptors (Lipinski definition) is 4. The lowest BCUT2D eigenvalue weighted by Crippen LogP contribution is -2.20.